The van der Waals surface area contributed by atoms with Crippen LogP contribution in [0.5, 0.6) is 0 Å². The molecule has 0 radical (unpaired) electrons. The van der Waals surface area contributed by atoms with Crippen LogP contribution in [0, 0.1) is 5.82 Å². The molecule has 0 saturated heterocycles. The molecule has 0 bridgehead atoms. The zero-order valence-corrected chi connectivity index (χ0v) is 14.5. The maximum atomic E-state index is 13.3. The van der Waals surface area contributed by atoms with E-state index in [1.54, 1.807) is 31.2 Å². The number of anilines is 1. The average molecular weight is 360 g/mol. The van der Waals surface area contributed by atoms with Gasteiger partial charge in [-0.3, -0.25) is 4.31 Å². The molecule has 7 heteroatoms. The lowest BCUT2D eigenvalue weighted by Gasteiger charge is -2.23. The number of rotatable bonds is 5. The van der Waals surface area contributed by atoms with Gasteiger partial charge >= 0.3 is 0 Å². The molecule has 0 spiro atoms. The number of sulfonamides is 1. The second-order valence-corrected chi connectivity index (χ2v) is 7.59. The van der Waals surface area contributed by atoms with Gasteiger partial charge in [0.2, 0.25) is 0 Å². The molecular weight excluding hydrogens is 345 g/mol. The molecule has 2 aromatic rings. The first-order chi connectivity index (χ1) is 10.4. The molecule has 0 aliphatic rings. The van der Waals surface area contributed by atoms with Crippen LogP contribution in [0.15, 0.2) is 52.3 Å². The lowest BCUT2D eigenvalue weighted by Crippen LogP contribution is -2.30. The van der Waals surface area contributed by atoms with E-state index in [2.05, 4.69) is 0 Å². The lowest BCUT2D eigenvalue weighted by molar-refractivity contribution is 0.591. The summed E-state index contributed by atoms with van der Waals surface area (Å²) in [7, 11) is -3.72. The fraction of sp³-hybridized carbons (Fsp3) is 0.200. The first kappa shape index (κ1) is 17.1. The van der Waals surface area contributed by atoms with Crippen LogP contribution in [0.2, 0.25) is 5.02 Å². The van der Waals surface area contributed by atoms with Crippen molar-refractivity contribution in [2.24, 2.45) is 0 Å². The summed E-state index contributed by atoms with van der Waals surface area (Å²) >= 11 is 7.29. The Morgan fingerprint density at radius 2 is 1.82 bits per heavy atom. The van der Waals surface area contributed by atoms with E-state index in [1.807, 2.05) is 6.26 Å². The zero-order chi connectivity index (χ0) is 16.3. The van der Waals surface area contributed by atoms with Gasteiger partial charge in [-0.05, 0) is 55.6 Å². The van der Waals surface area contributed by atoms with Gasteiger partial charge in [-0.2, -0.15) is 0 Å². The molecule has 118 valence electrons. The smallest absolute Gasteiger partial charge is 0.264 e. The third-order valence-corrected chi connectivity index (χ3v) is 6.08. The molecule has 0 saturated carbocycles. The topological polar surface area (TPSA) is 37.4 Å². The van der Waals surface area contributed by atoms with Crippen LogP contribution in [0.25, 0.3) is 0 Å². The molecule has 0 aliphatic carbocycles. The molecule has 3 nitrogen and oxygen atoms in total. The summed E-state index contributed by atoms with van der Waals surface area (Å²) in [6.45, 7) is 1.93. The van der Waals surface area contributed by atoms with E-state index in [4.69, 9.17) is 11.6 Å². The van der Waals surface area contributed by atoms with Gasteiger partial charge in [0, 0.05) is 11.4 Å². The van der Waals surface area contributed by atoms with Crippen LogP contribution in [0.3, 0.4) is 0 Å². The first-order valence-electron chi connectivity index (χ1n) is 6.52. The van der Waals surface area contributed by atoms with Gasteiger partial charge in [-0.25, -0.2) is 12.8 Å². The summed E-state index contributed by atoms with van der Waals surface area (Å²) in [6.07, 6.45) is 1.92. The highest BCUT2D eigenvalue weighted by atomic mass is 35.5. The van der Waals surface area contributed by atoms with E-state index in [0.717, 1.165) is 11.0 Å². The summed E-state index contributed by atoms with van der Waals surface area (Å²) in [5.74, 6) is -0.580. The summed E-state index contributed by atoms with van der Waals surface area (Å²) in [5, 5.41) is -0.108. The Balaban J connectivity index is 2.45. The normalized spacial score (nSPS) is 11.5. The maximum absolute atomic E-state index is 13.3. The summed E-state index contributed by atoms with van der Waals surface area (Å²) in [6, 6.07) is 10.5. The van der Waals surface area contributed by atoms with Crippen LogP contribution in [-0.4, -0.2) is 21.2 Å². The maximum Gasteiger partial charge on any atom is 0.264 e. The minimum atomic E-state index is -3.72. The fourth-order valence-corrected chi connectivity index (χ4v) is 4.05. The summed E-state index contributed by atoms with van der Waals surface area (Å²) in [4.78, 5) is 1.17. The first-order valence-corrected chi connectivity index (χ1v) is 9.56. The van der Waals surface area contributed by atoms with Crippen LogP contribution in [-0.2, 0) is 10.0 Å². The molecule has 0 amide bonds. The fourth-order valence-electron chi connectivity index (χ4n) is 2.01. The van der Waals surface area contributed by atoms with Gasteiger partial charge in [0.1, 0.15) is 5.82 Å². The molecule has 0 heterocycles. The standard InChI is InChI=1S/C15H15ClFNO2S2/c1-3-18(11-4-9-15(17)14(16)10-11)22(19,20)13-7-5-12(21-2)6-8-13/h4-10H,3H2,1-2H3. The van der Waals surface area contributed by atoms with E-state index in [-0.39, 0.29) is 16.5 Å². The Kier molecular flexibility index (Phi) is 5.36. The molecule has 0 aromatic heterocycles. The number of hydrogen-bond acceptors (Lipinski definition) is 3. The molecule has 2 rings (SSSR count). The second kappa shape index (κ2) is 6.89. The van der Waals surface area contributed by atoms with Crippen molar-refractivity contribution in [1.82, 2.24) is 0 Å². The van der Waals surface area contributed by atoms with Crippen molar-refractivity contribution in [3.8, 4) is 0 Å². The third kappa shape index (κ3) is 3.39. The average Bonchev–Trinajstić information content (AvgIpc) is 2.51. The second-order valence-electron chi connectivity index (χ2n) is 4.44. The molecule has 0 N–H and O–H groups in total. The van der Waals surface area contributed by atoms with Gasteiger partial charge in [0.25, 0.3) is 10.0 Å². The number of benzene rings is 2. The number of hydrogen-bond donors (Lipinski definition) is 0. The van der Waals surface area contributed by atoms with Crippen molar-refractivity contribution in [3.63, 3.8) is 0 Å². The van der Waals surface area contributed by atoms with E-state index >= 15 is 0 Å². The SMILES string of the molecule is CCN(c1ccc(F)c(Cl)c1)S(=O)(=O)c1ccc(SC)cc1. The molecule has 0 fully saturated rings. The Labute approximate surface area is 139 Å². The highest BCUT2D eigenvalue weighted by Crippen LogP contribution is 2.28. The molecule has 2 aromatic carbocycles. The van der Waals surface area contributed by atoms with Crippen LogP contribution >= 0.6 is 23.4 Å². The lowest BCUT2D eigenvalue weighted by atomic mass is 10.3. The van der Waals surface area contributed by atoms with Crippen LogP contribution < -0.4 is 4.31 Å². The highest BCUT2D eigenvalue weighted by molar-refractivity contribution is 7.98. The summed E-state index contributed by atoms with van der Waals surface area (Å²) < 4.78 is 40.0. The van der Waals surface area contributed by atoms with E-state index in [9.17, 15) is 12.8 Å². The number of nitrogens with zero attached hydrogens (tertiary/aromatic N) is 1. The minimum Gasteiger partial charge on any atom is -0.267 e. The number of thioether (sulfide) groups is 1. The third-order valence-electron chi connectivity index (χ3n) is 3.13. The molecule has 0 aliphatic heterocycles. The van der Waals surface area contributed by atoms with Crippen molar-refractivity contribution in [2.45, 2.75) is 16.7 Å². The van der Waals surface area contributed by atoms with Gasteiger partial charge in [0.15, 0.2) is 0 Å². The van der Waals surface area contributed by atoms with Crippen molar-refractivity contribution in [1.29, 1.82) is 0 Å². The van der Waals surface area contributed by atoms with Gasteiger partial charge < -0.3 is 0 Å². The highest BCUT2D eigenvalue weighted by Gasteiger charge is 2.24. The van der Waals surface area contributed by atoms with Gasteiger partial charge in [0.05, 0.1) is 15.6 Å². The van der Waals surface area contributed by atoms with E-state index in [1.165, 1.54) is 28.2 Å². The van der Waals surface area contributed by atoms with E-state index in [0.29, 0.717) is 5.69 Å². The molecular formula is C15H15ClFNO2S2. The largest absolute Gasteiger partial charge is 0.267 e. The van der Waals surface area contributed by atoms with Gasteiger partial charge in [-0.15, -0.1) is 11.8 Å². The van der Waals surface area contributed by atoms with Crippen molar-refractivity contribution in [3.05, 3.63) is 53.3 Å². The Morgan fingerprint density at radius 3 is 2.32 bits per heavy atom. The minimum absolute atomic E-state index is 0.108. The van der Waals surface area contributed by atoms with Crippen molar-refractivity contribution < 1.29 is 12.8 Å². The monoisotopic (exact) mass is 359 g/mol. The van der Waals surface area contributed by atoms with E-state index < -0.39 is 15.8 Å². The molecule has 0 atom stereocenters. The van der Waals surface area contributed by atoms with Crippen LogP contribution in [0.4, 0.5) is 10.1 Å². The summed E-state index contributed by atoms with van der Waals surface area (Å²) in [5.41, 5.74) is 0.336. The van der Waals surface area contributed by atoms with Crippen LogP contribution in [0.1, 0.15) is 6.92 Å². The van der Waals surface area contributed by atoms with Crippen molar-refractivity contribution in [2.75, 3.05) is 17.1 Å². The Hall–Kier alpha value is -1.24. The van der Waals surface area contributed by atoms with Crippen molar-refractivity contribution >= 4 is 39.1 Å². The Bertz CT molecular complexity index is 764. The molecule has 22 heavy (non-hydrogen) atoms. The number of halogens is 2. The predicted octanol–water partition coefficient (Wildman–Crippen LogP) is 4.42. The Morgan fingerprint density at radius 1 is 1.18 bits per heavy atom. The van der Waals surface area contributed by atoms with Gasteiger partial charge in [-0.1, -0.05) is 11.6 Å². The zero-order valence-electron chi connectivity index (χ0n) is 12.1. The predicted molar refractivity (Wildman–Crippen MR) is 89.8 cm³/mol. The quantitative estimate of drug-likeness (QED) is 0.742. The molecule has 0 unspecified atom stereocenters.